The van der Waals surface area contributed by atoms with Crippen molar-refractivity contribution in [1.29, 1.82) is 0 Å². The Morgan fingerprint density at radius 1 is 1.17 bits per heavy atom. The van der Waals surface area contributed by atoms with Crippen LogP contribution in [0.15, 0.2) is 24.3 Å². The number of hydrogen-bond donors (Lipinski definition) is 0. The van der Waals surface area contributed by atoms with Gasteiger partial charge in [-0.2, -0.15) is 0 Å². The molecule has 0 aromatic heterocycles. The van der Waals surface area contributed by atoms with Crippen LogP contribution in [0.4, 0.5) is 4.39 Å². The number of hydrogen-bond acceptors (Lipinski definition) is 4. The zero-order valence-corrected chi connectivity index (χ0v) is 17.3. The lowest BCUT2D eigenvalue weighted by atomic mass is 9.83. The predicted octanol–water partition coefficient (Wildman–Crippen LogP) is 2.35. The lowest BCUT2D eigenvalue weighted by Gasteiger charge is -2.44. The number of carbonyl (C=O) groups excluding carboxylic acids is 2. The molecule has 1 saturated carbocycles. The van der Waals surface area contributed by atoms with E-state index in [4.69, 9.17) is 4.74 Å². The number of carbonyl (C=O) groups is 2. The Bertz CT molecular complexity index is 780. The van der Waals surface area contributed by atoms with E-state index in [2.05, 4.69) is 11.8 Å². The molecule has 2 aliphatic heterocycles. The number of halogens is 1. The second-order valence-electron chi connectivity index (χ2n) is 8.76. The van der Waals surface area contributed by atoms with E-state index in [0.29, 0.717) is 31.8 Å². The van der Waals surface area contributed by atoms with Gasteiger partial charge in [-0.05, 0) is 44.4 Å². The molecule has 0 bridgehead atoms. The molecular formula is C22H30FN3O3. The normalized spacial score (nSPS) is 30.7. The van der Waals surface area contributed by atoms with Gasteiger partial charge in [0.15, 0.2) is 0 Å². The smallest absolute Gasteiger partial charge is 0.259 e. The summed E-state index contributed by atoms with van der Waals surface area (Å²) in [4.78, 5) is 32.5. The summed E-state index contributed by atoms with van der Waals surface area (Å²) in [6.07, 6.45) is 3.37. The fourth-order valence-electron chi connectivity index (χ4n) is 5.00. The molecule has 7 heteroatoms. The molecule has 29 heavy (non-hydrogen) atoms. The lowest BCUT2D eigenvalue weighted by molar-refractivity contribution is -0.139. The number of ether oxygens (including phenoxy) is 1. The first-order valence-corrected chi connectivity index (χ1v) is 10.6. The Kier molecular flexibility index (Phi) is 5.62. The Balaban J connectivity index is 1.66. The first kappa shape index (κ1) is 20.3. The quantitative estimate of drug-likeness (QED) is 0.761. The highest BCUT2D eigenvalue weighted by molar-refractivity contribution is 5.98. The molecule has 2 amide bonds. The molecule has 6 nitrogen and oxygen atoms in total. The van der Waals surface area contributed by atoms with Gasteiger partial charge in [-0.1, -0.05) is 25.5 Å². The second-order valence-corrected chi connectivity index (χ2v) is 8.76. The third-order valence-electron chi connectivity index (χ3n) is 6.62. The molecule has 2 saturated heterocycles. The van der Waals surface area contributed by atoms with E-state index in [1.165, 1.54) is 12.1 Å². The van der Waals surface area contributed by atoms with Crippen LogP contribution in [0.25, 0.3) is 0 Å². The van der Waals surface area contributed by atoms with E-state index >= 15 is 0 Å². The Hall–Kier alpha value is -1.99. The monoisotopic (exact) mass is 403 g/mol. The average molecular weight is 403 g/mol. The molecule has 1 aliphatic carbocycles. The van der Waals surface area contributed by atoms with Crippen molar-refractivity contribution in [3.63, 3.8) is 0 Å². The minimum atomic E-state index is -0.816. The highest BCUT2D eigenvalue weighted by atomic mass is 19.1. The van der Waals surface area contributed by atoms with Crippen LogP contribution >= 0.6 is 0 Å². The molecule has 3 aliphatic rings. The van der Waals surface area contributed by atoms with Crippen LogP contribution in [0, 0.1) is 11.7 Å². The van der Waals surface area contributed by atoms with E-state index < -0.39 is 23.5 Å². The van der Waals surface area contributed by atoms with Crippen molar-refractivity contribution < 1.29 is 18.7 Å². The maximum atomic E-state index is 14.5. The maximum absolute atomic E-state index is 14.5. The van der Waals surface area contributed by atoms with E-state index in [-0.39, 0.29) is 18.1 Å². The number of piperazine rings is 1. The van der Waals surface area contributed by atoms with Gasteiger partial charge in [-0.15, -0.1) is 0 Å². The third kappa shape index (κ3) is 3.78. The van der Waals surface area contributed by atoms with Crippen molar-refractivity contribution >= 4 is 11.8 Å². The summed E-state index contributed by atoms with van der Waals surface area (Å²) in [5.74, 6) is -0.702. The predicted molar refractivity (Wildman–Crippen MR) is 107 cm³/mol. The van der Waals surface area contributed by atoms with Crippen LogP contribution in [0.3, 0.4) is 0 Å². The van der Waals surface area contributed by atoms with Crippen LogP contribution in [0.5, 0.6) is 0 Å². The molecule has 1 spiro atoms. The summed E-state index contributed by atoms with van der Waals surface area (Å²) in [5.41, 5.74) is -0.809. The first-order chi connectivity index (χ1) is 13.9. The van der Waals surface area contributed by atoms with E-state index in [1.807, 2.05) is 11.9 Å². The minimum Gasteiger partial charge on any atom is -0.353 e. The van der Waals surface area contributed by atoms with Crippen molar-refractivity contribution in [3.05, 3.63) is 35.6 Å². The molecule has 0 radical (unpaired) electrons. The molecule has 3 atom stereocenters. The van der Waals surface area contributed by atoms with Crippen LogP contribution in [0.1, 0.15) is 43.0 Å². The topological polar surface area (TPSA) is 53.1 Å². The third-order valence-corrected chi connectivity index (χ3v) is 6.62. The zero-order valence-electron chi connectivity index (χ0n) is 17.3. The highest BCUT2D eigenvalue weighted by Gasteiger charge is 2.55. The Labute approximate surface area is 171 Å². The van der Waals surface area contributed by atoms with Gasteiger partial charge in [0.1, 0.15) is 17.6 Å². The summed E-state index contributed by atoms with van der Waals surface area (Å²) >= 11 is 0. The maximum Gasteiger partial charge on any atom is 0.259 e. The molecular weight excluding hydrogens is 373 g/mol. The lowest BCUT2D eigenvalue weighted by Crippen LogP contribution is -2.59. The van der Waals surface area contributed by atoms with Gasteiger partial charge in [0.05, 0.1) is 12.2 Å². The number of amides is 2. The van der Waals surface area contributed by atoms with Crippen molar-refractivity contribution in [1.82, 2.24) is 14.7 Å². The van der Waals surface area contributed by atoms with Gasteiger partial charge in [0.25, 0.3) is 5.91 Å². The number of rotatable bonds is 2. The van der Waals surface area contributed by atoms with E-state index in [1.54, 1.807) is 17.0 Å². The summed E-state index contributed by atoms with van der Waals surface area (Å²) in [6.45, 7) is 5.21. The second kappa shape index (κ2) is 8.03. The molecule has 3 unspecified atom stereocenters. The summed E-state index contributed by atoms with van der Waals surface area (Å²) in [5, 5.41) is 0. The number of nitrogens with zero attached hydrogens (tertiary/aromatic N) is 3. The average Bonchev–Trinajstić information content (AvgIpc) is 3.05. The van der Waals surface area contributed by atoms with Crippen LogP contribution in [0.2, 0.25) is 0 Å². The molecule has 2 heterocycles. The fraction of sp³-hybridized carbons (Fsp3) is 0.636. The SMILES string of the molecule is CC1CCCC2(C1)OCC(C(=O)N1CCN(C)CC1)N2C(=O)c1ccccc1F. The molecule has 158 valence electrons. The molecule has 1 aromatic carbocycles. The van der Waals surface area contributed by atoms with Gasteiger partial charge in [-0.25, -0.2) is 4.39 Å². The van der Waals surface area contributed by atoms with Crippen molar-refractivity contribution in [2.24, 2.45) is 5.92 Å². The van der Waals surface area contributed by atoms with Gasteiger partial charge >= 0.3 is 0 Å². The largest absolute Gasteiger partial charge is 0.353 e. The van der Waals surface area contributed by atoms with Crippen molar-refractivity contribution in [3.8, 4) is 0 Å². The summed E-state index contributed by atoms with van der Waals surface area (Å²) in [6, 6.07) is 5.31. The van der Waals surface area contributed by atoms with Crippen LogP contribution < -0.4 is 0 Å². The number of benzene rings is 1. The number of likely N-dealkylation sites (N-methyl/N-ethyl adjacent to an activating group) is 1. The molecule has 1 aromatic rings. The van der Waals surface area contributed by atoms with E-state index in [0.717, 1.165) is 25.9 Å². The Morgan fingerprint density at radius 3 is 2.59 bits per heavy atom. The first-order valence-electron chi connectivity index (χ1n) is 10.6. The zero-order chi connectivity index (χ0) is 20.6. The van der Waals surface area contributed by atoms with Crippen LogP contribution in [-0.2, 0) is 9.53 Å². The molecule has 3 fully saturated rings. The van der Waals surface area contributed by atoms with Gasteiger partial charge < -0.3 is 14.5 Å². The Morgan fingerprint density at radius 2 is 1.90 bits per heavy atom. The summed E-state index contributed by atoms with van der Waals surface area (Å²) in [7, 11) is 2.03. The minimum absolute atomic E-state index is 0.00628. The van der Waals surface area contributed by atoms with Gasteiger partial charge in [-0.3, -0.25) is 14.5 Å². The van der Waals surface area contributed by atoms with Gasteiger partial charge in [0, 0.05) is 26.2 Å². The standard InChI is InChI=1S/C22H30FN3O3/c1-16-6-5-9-22(14-16)26(20(27)17-7-3-4-8-18(17)23)19(15-29-22)21(28)25-12-10-24(2)11-13-25/h3-4,7-8,16,19H,5-6,9-15H2,1-2H3. The fourth-order valence-corrected chi connectivity index (χ4v) is 5.00. The molecule has 4 rings (SSSR count). The van der Waals surface area contributed by atoms with Crippen molar-refractivity contribution in [2.45, 2.75) is 44.4 Å². The highest BCUT2D eigenvalue weighted by Crippen LogP contribution is 2.43. The summed E-state index contributed by atoms with van der Waals surface area (Å²) < 4.78 is 20.7. The van der Waals surface area contributed by atoms with Crippen molar-refractivity contribution in [2.75, 3.05) is 39.8 Å². The van der Waals surface area contributed by atoms with Crippen LogP contribution in [-0.4, -0.2) is 78.1 Å². The van der Waals surface area contributed by atoms with E-state index in [9.17, 15) is 14.0 Å². The molecule has 0 N–H and O–H groups in total. The van der Waals surface area contributed by atoms with Gasteiger partial charge in [0.2, 0.25) is 5.91 Å².